The Kier molecular flexibility index (Phi) is 2.66. The first-order chi connectivity index (χ1) is 7.43. The van der Waals surface area contributed by atoms with Gasteiger partial charge in [-0.25, -0.2) is 0 Å². The summed E-state index contributed by atoms with van der Waals surface area (Å²) in [4.78, 5) is 0. The maximum Gasteiger partial charge on any atom is 0.191 e. The molecule has 1 aromatic rings. The van der Waals surface area contributed by atoms with Crippen LogP contribution in [0.25, 0.3) is 0 Å². The lowest BCUT2D eigenvalue weighted by molar-refractivity contribution is 0.426. The summed E-state index contributed by atoms with van der Waals surface area (Å²) < 4.78 is 7.49. The Bertz CT molecular complexity index is 348. The van der Waals surface area contributed by atoms with E-state index in [0.29, 0.717) is 6.10 Å². The molecule has 3 rings (SSSR count). The summed E-state index contributed by atoms with van der Waals surface area (Å²) in [7, 11) is 0. The van der Waals surface area contributed by atoms with Crippen LogP contribution in [0.3, 0.4) is 0 Å². The van der Waals surface area contributed by atoms with Crippen molar-refractivity contribution < 1.29 is 4.74 Å². The van der Waals surface area contributed by atoms with Crippen LogP contribution < -0.4 is 0 Å². The molecular weight excluding hydrogens is 210 g/mol. The van der Waals surface area contributed by atoms with Crippen LogP contribution in [0.2, 0.25) is 0 Å². The molecule has 1 fully saturated rings. The number of rotatable bonds is 3. The quantitative estimate of drug-likeness (QED) is 0.577. The van der Waals surface area contributed by atoms with Gasteiger partial charge in [0.25, 0.3) is 0 Å². The van der Waals surface area contributed by atoms with Crippen LogP contribution in [0, 0.1) is 0 Å². The molecule has 15 heavy (non-hydrogen) atoms. The number of ether oxygens (including phenoxy) is 1. The third-order valence-electron chi connectivity index (χ3n) is 2.88. The van der Waals surface area contributed by atoms with Crippen molar-refractivity contribution in [3.63, 3.8) is 0 Å². The molecule has 0 aromatic carbocycles. The Labute approximate surface area is 93.4 Å². The smallest absolute Gasteiger partial charge is 0.191 e. The van der Waals surface area contributed by atoms with E-state index in [1.807, 2.05) is 0 Å². The van der Waals surface area contributed by atoms with Crippen LogP contribution in [0.4, 0.5) is 0 Å². The zero-order valence-electron chi connectivity index (χ0n) is 8.69. The lowest BCUT2D eigenvalue weighted by Gasteiger charge is -2.04. The Morgan fingerprint density at radius 3 is 3.13 bits per heavy atom. The van der Waals surface area contributed by atoms with Gasteiger partial charge in [0.1, 0.15) is 5.82 Å². The van der Waals surface area contributed by atoms with Crippen molar-refractivity contribution in [2.24, 2.45) is 0 Å². The Balaban J connectivity index is 1.72. The van der Waals surface area contributed by atoms with E-state index in [9.17, 15) is 0 Å². The third kappa shape index (κ3) is 2.18. The molecule has 0 radical (unpaired) electrons. The first kappa shape index (κ1) is 9.66. The zero-order valence-corrected chi connectivity index (χ0v) is 9.50. The summed E-state index contributed by atoms with van der Waals surface area (Å²) in [5.74, 6) is 2.20. The van der Waals surface area contributed by atoms with Gasteiger partial charge in [-0.05, 0) is 12.8 Å². The summed E-state index contributed by atoms with van der Waals surface area (Å²) >= 11 is 1.79. The second kappa shape index (κ2) is 4.14. The van der Waals surface area contributed by atoms with Gasteiger partial charge in [-0.15, -0.1) is 10.2 Å². The van der Waals surface area contributed by atoms with Crippen LogP contribution in [0.5, 0.6) is 0 Å². The highest BCUT2D eigenvalue weighted by molar-refractivity contribution is 7.99. The van der Waals surface area contributed by atoms with Crippen LogP contribution in [0.15, 0.2) is 5.16 Å². The molecule has 1 unspecified atom stereocenters. The van der Waals surface area contributed by atoms with Gasteiger partial charge in [0.15, 0.2) is 5.16 Å². The van der Waals surface area contributed by atoms with Gasteiger partial charge in [-0.3, -0.25) is 0 Å². The molecule has 1 aromatic heterocycles. The average molecular weight is 225 g/mol. The van der Waals surface area contributed by atoms with Gasteiger partial charge in [-0.1, -0.05) is 18.2 Å². The fourth-order valence-corrected chi connectivity index (χ4v) is 2.88. The predicted molar refractivity (Wildman–Crippen MR) is 58.0 cm³/mol. The molecule has 2 aliphatic rings. The van der Waals surface area contributed by atoms with E-state index >= 15 is 0 Å². The molecule has 82 valence electrons. The van der Waals surface area contributed by atoms with E-state index < -0.39 is 0 Å². The largest absolute Gasteiger partial charge is 0.372 e. The van der Waals surface area contributed by atoms with Gasteiger partial charge < -0.3 is 9.30 Å². The monoisotopic (exact) mass is 225 g/mol. The molecule has 2 aliphatic heterocycles. The van der Waals surface area contributed by atoms with E-state index in [1.165, 1.54) is 25.1 Å². The number of hydrogen-bond donors (Lipinski definition) is 0. The minimum atomic E-state index is 0.466. The van der Waals surface area contributed by atoms with Crippen LogP contribution in [0.1, 0.15) is 25.1 Å². The second-order valence-corrected chi connectivity index (χ2v) is 5.11. The Morgan fingerprint density at radius 1 is 1.33 bits per heavy atom. The highest BCUT2D eigenvalue weighted by Crippen LogP contribution is 2.25. The van der Waals surface area contributed by atoms with Gasteiger partial charge >= 0.3 is 0 Å². The first-order valence-electron chi connectivity index (χ1n) is 5.60. The summed E-state index contributed by atoms with van der Waals surface area (Å²) in [5, 5.41) is 9.61. The summed E-state index contributed by atoms with van der Waals surface area (Å²) in [6.07, 6.45) is 5.40. The van der Waals surface area contributed by atoms with Crippen molar-refractivity contribution >= 4 is 11.8 Å². The molecule has 0 bridgehead atoms. The molecular formula is C10H15N3OS. The highest BCUT2D eigenvalue weighted by Gasteiger charge is 2.24. The zero-order chi connectivity index (χ0) is 10.1. The van der Waals surface area contributed by atoms with Gasteiger partial charge in [-0.2, -0.15) is 0 Å². The molecule has 1 atom stereocenters. The van der Waals surface area contributed by atoms with Crippen molar-refractivity contribution in [2.45, 2.75) is 43.5 Å². The number of epoxide rings is 1. The summed E-state index contributed by atoms with van der Waals surface area (Å²) in [6.45, 7) is 2.02. The predicted octanol–water partition coefficient (Wildman–Crippen LogP) is 1.50. The minimum Gasteiger partial charge on any atom is -0.372 e. The van der Waals surface area contributed by atoms with Crippen LogP contribution in [-0.4, -0.2) is 33.2 Å². The maximum atomic E-state index is 5.20. The SMILES string of the molecule is C1CCc2nnc(SCC3CO3)n2CC1. The third-order valence-corrected chi connectivity index (χ3v) is 3.97. The van der Waals surface area contributed by atoms with E-state index in [0.717, 1.165) is 30.5 Å². The maximum absolute atomic E-state index is 5.20. The number of aryl methyl sites for hydroxylation is 1. The fourth-order valence-electron chi connectivity index (χ4n) is 1.90. The van der Waals surface area contributed by atoms with E-state index in [4.69, 9.17) is 4.74 Å². The number of aromatic nitrogens is 3. The second-order valence-electron chi connectivity index (χ2n) is 4.13. The minimum absolute atomic E-state index is 0.466. The van der Waals surface area contributed by atoms with Crippen LogP contribution >= 0.6 is 11.8 Å². The van der Waals surface area contributed by atoms with Gasteiger partial charge in [0.2, 0.25) is 0 Å². The molecule has 3 heterocycles. The molecule has 1 saturated heterocycles. The Hall–Kier alpha value is -0.550. The standard InChI is InChI=1S/C10H15N3OS/c1-2-4-9-11-12-10(13(9)5-3-1)15-7-8-6-14-8/h8H,1-7H2. The van der Waals surface area contributed by atoms with E-state index in [1.54, 1.807) is 11.8 Å². The molecule has 0 aliphatic carbocycles. The van der Waals surface area contributed by atoms with E-state index in [2.05, 4.69) is 14.8 Å². The number of fused-ring (bicyclic) bond motifs is 1. The normalized spacial score (nSPS) is 24.7. The van der Waals surface area contributed by atoms with Crippen LogP contribution in [-0.2, 0) is 17.7 Å². The molecule has 0 spiro atoms. The highest BCUT2D eigenvalue weighted by atomic mass is 32.2. The van der Waals surface area contributed by atoms with Crippen molar-refractivity contribution in [3.05, 3.63) is 5.82 Å². The summed E-state index contributed by atoms with van der Waals surface area (Å²) in [5.41, 5.74) is 0. The van der Waals surface area contributed by atoms with Crippen molar-refractivity contribution in [1.29, 1.82) is 0 Å². The lowest BCUT2D eigenvalue weighted by Crippen LogP contribution is -2.03. The summed E-state index contributed by atoms with van der Waals surface area (Å²) in [6, 6.07) is 0. The van der Waals surface area contributed by atoms with Crippen molar-refractivity contribution in [2.75, 3.05) is 12.4 Å². The fraction of sp³-hybridized carbons (Fsp3) is 0.800. The number of nitrogens with zero attached hydrogens (tertiary/aromatic N) is 3. The number of hydrogen-bond acceptors (Lipinski definition) is 4. The van der Waals surface area contributed by atoms with Gasteiger partial charge in [0, 0.05) is 18.7 Å². The molecule has 5 heteroatoms. The Morgan fingerprint density at radius 2 is 2.27 bits per heavy atom. The topological polar surface area (TPSA) is 43.2 Å². The molecule has 0 saturated carbocycles. The van der Waals surface area contributed by atoms with Crippen molar-refractivity contribution in [1.82, 2.24) is 14.8 Å². The molecule has 4 nitrogen and oxygen atoms in total. The molecule has 0 amide bonds. The average Bonchev–Trinajstić information content (AvgIpc) is 3.03. The van der Waals surface area contributed by atoms with Crippen molar-refractivity contribution in [3.8, 4) is 0 Å². The molecule has 0 N–H and O–H groups in total. The number of thioether (sulfide) groups is 1. The first-order valence-corrected chi connectivity index (χ1v) is 6.58. The van der Waals surface area contributed by atoms with E-state index in [-0.39, 0.29) is 0 Å². The van der Waals surface area contributed by atoms with Gasteiger partial charge in [0.05, 0.1) is 12.7 Å². The lowest BCUT2D eigenvalue weighted by atomic mass is 10.2.